The molecular weight excluding hydrogens is 260 g/mol. The molecule has 0 aliphatic heterocycles. The third-order valence-electron chi connectivity index (χ3n) is 1.73. The summed E-state index contributed by atoms with van der Waals surface area (Å²) >= 11 is 0.995. The van der Waals surface area contributed by atoms with Crippen molar-refractivity contribution >= 4 is 21.4 Å². The fourth-order valence-corrected chi connectivity index (χ4v) is 3.27. The van der Waals surface area contributed by atoms with E-state index >= 15 is 0 Å². The Morgan fingerprint density at radius 1 is 1.50 bits per heavy atom. The summed E-state index contributed by atoms with van der Waals surface area (Å²) < 4.78 is 50.0. The number of hydrogen-bond acceptors (Lipinski definition) is 4. The smallest absolute Gasteiger partial charge is 0.283 e. The Balaban J connectivity index is 2.74. The molecular formula is C8H11F2NO3S2. The average Bonchev–Trinajstić information content (AvgIpc) is 2.63. The Morgan fingerprint density at radius 2 is 2.12 bits per heavy atom. The van der Waals surface area contributed by atoms with Gasteiger partial charge in [0, 0.05) is 4.88 Å². The summed E-state index contributed by atoms with van der Waals surface area (Å²) in [6.07, 6.45) is 0. The van der Waals surface area contributed by atoms with E-state index in [9.17, 15) is 17.2 Å². The SMILES string of the molecule is Cc1ccc(S(=O)(=O)NCC(F)(F)CO)s1. The number of hydrogen-bond donors (Lipinski definition) is 2. The average molecular weight is 271 g/mol. The lowest BCUT2D eigenvalue weighted by atomic mass is 10.4. The van der Waals surface area contributed by atoms with Gasteiger partial charge < -0.3 is 5.11 Å². The van der Waals surface area contributed by atoms with Crippen molar-refractivity contribution in [3.05, 3.63) is 17.0 Å². The van der Waals surface area contributed by atoms with Crippen LogP contribution in [0.4, 0.5) is 8.78 Å². The summed E-state index contributed by atoms with van der Waals surface area (Å²) in [4.78, 5) is 0.772. The molecule has 0 aliphatic carbocycles. The maximum Gasteiger partial charge on any atom is 0.283 e. The van der Waals surface area contributed by atoms with Crippen LogP contribution < -0.4 is 4.72 Å². The van der Waals surface area contributed by atoms with Crippen LogP contribution in [0.3, 0.4) is 0 Å². The van der Waals surface area contributed by atoms with Crippen molar-refractivity contribution in [2.75, 3.05) is 13.2 Å². The highest BCUT2D eigenvalue weighted by Crippen LogP contribution is 2.21. The molecule has 92 valence electrons. The number of alkyl halides is 2. The molecule has 8 heteroatoms. The van der Waals surface area contributed by atoms with Crippen molar-refractivity contribution in [1.82, 2.24) is 4.72 Å². The summed E-state index contributed by atoms with van der Waals surface area (Å²) in [6.45, 7) is -0.784. The van der Waals surface area contributed by atoms with Gasteiger partial charge in [-0.25, -0.2) is 21.9 Å². The maximum absolute atomic E-state index is 12.6. The van der Waals surface area contributed by atoms with Gasteiger partial charge in [0.25, 0.3) is 5.92 Å². The Morgan fingerprint density at radius 3 is 2.56 bits per heavy atom. The van der Waals surface area contributed by atoms with Gasteiger partial charge in [0.05, 0.1) is 6.54 Å². The van der Waals surface area contributed by atoms with Gasteiger partial charge in [-0.3, -0.25) is 0 Å². The lowest BCUT2D eigenvalue weighted by Crippen LogP contribution is -2.38. The molecule has 16 heavy (non-hydrogen) atoms. The first-order valence-electron chi connectivity index (χ1n) is 4.32. The number of sulfonamides is 1. The Bertz CT molecular complexity index is 456. The van der Waals surface area contributed by atoms with E-state index in [2.05, 4.69) is 0 Å². The second-order valence-electron chi connectivity index (χ2n) is 3.20. The molecule has 0 saturated carbocycles. The molecule has 2 N–H and O–H groups in total. The van der Waals surface area contributed by atoms with Crippen molar-refractivity contribution < 1.29 is 22.3 Å². The third-order valence-corrected chi connectivity index (χ3v) is 4.63. The summed E-state index contributed by atoms with van der Waals surface area (Å²) in [5.41, 5.74) is 0. The van der Waals surface area contributed by atoms with Crippen LogP contribution >= 0.6 is 11.3 Å². The van der Waals surface area contributed by atoms with Crippen LogP contribution in [0, 0.1) is 6.92 Å². The molecule has 1 aromatic heterocycles. The highest BCUT2D eigenvalue weighted by molar-refractivity contribution is 7.91. The largest absolute Gasteiger partial charge is 0.390 e. The quantitative estimate of drug-likeness (QED) is 0.838. The number of aliphatic hydroxyl groups is 1. The zero-order valence-electron chi connectivity index (χ0n) is 8.41. The molecule has 0 spiro atoms. The van der Waals surface area contributed by atoms with Gasteiger partial charge in [-0.1, -0.05) is 0 Å². The molecule has 0 saturated heterocycles. The zero-order chi connectivity index (χ0) is 12.4. The maximum atomic E-state index is 12.6. The van der Waals surface area contributed by atoms with E-state index in [0.717, 1.165) is 16.2 Å². The molecule has 0 aromatic carbocycles. The Hall–Kier alpha value is -0.570. The summed E-state index contributed by atoms with van der Waals surface area (Å²) in [7, 11) is -3.91. The lowest BCUT2D eigenvalue weighted by molar-refractivity contribution is -0.0437. The predicted octanol–water partition coefficient (Wildman–Crippen LogP) is 0.962. The van der Waals surface area contributed by atoms with Crippen molar-refractivity contribution in [2.45, 2.75) is 17.1 Å². The van der Waals surface area contributed by atoms with Gasteiger partial charge in [0.1, 0.15) is 10.8 Å². The van der Waals surface area contributed by atoms with Crippen LogP contribution in [-0.2, 0) is 10.0 Å². The third kappa shape index (κ3) is 3.48. The molecule has 0 bridgehead atoms. The fraction of sp³-hybridized carbons (Fsp3) is 0.500. The second kappa shape index (κ2) is 4.74. The summed E-state index contributed by atoms with van der Waals surface area (Å²) in [6, 6.07) is 2.93. The van der Waals surface area contributed by atoms with Gasteiger partial charge in [-0.2, -0.15) is 0 Å². The van der Waals surface area contributed by atoms with E-state index in [-0.39, 0.29) is 4.21 Å². The van der Waals surface area contributed by atoms with Gasteiger partial charge in [-0.05, 0) is 19.1 Å². The molecule has 0 fully saturated rings. The second-order valence-corrected chi connectivity index (χ2v) is 6.49. The number of rotatable bonds is 5. The number of nitrogens with one attached hydrogen (secondary N) is 1. The molecule has 0 radical (unpaired) electrons. The van der Waals surface area contributed by atoms with Crippen molar-refractivity contribution in [3.63, 3.8) is 0 Å². The highest BCUT2D eigenvalue weighted by Gasteiger charge is 2.30. The molecule has 1 rings (SSSR count). The van der Waals surface area contributed by atoms with E-state index < -0.39 is 29.1 Å². The number of aryl methyl sites for hydroxylation is 1. The minimum Gasteiger partial charge on any atom is -0.390 e. The monoisotopic (exact) mass is 271 g/mol. The van der Waals surface area contributed by atoms with Crippen molar-refractivity contribution in [1.29, 1.82) is 0 Å². The van der Waals surface area contributed by atoms with E-state index in [1.54, 1.807) is 17.7 Å². The van der Waals surface area contributed by atoms with Crippen LogP contribution in [0.1, 0.15) is 4.88 Å². The van der Waals surface area contributed by atoms with E-state index in [1.165, 1.54) is 6.07 Å². The van der Waals surface area contributed by atoms with Crippen LogP contribution in [-0.4, -0.2) is 32.6 Å². The van der Waals surface area contributed by atoms with Crippen LogP contribution in [0.15, 0.2) is 16.3 Å². The number of aliphatic hydroxyl groups excluding tert-OH is 1. The van der Waals surface area contributed by atoms with E-state index in [1.807, 2.05) is 0 Å². The summed E-state index contributed by atoms with van der Waals surface area (Å²) in [5.74, 6) is -3.45. The lowest BCUT2D eigenvalue weighted by Gasteiger charge is -2.13. The van der Waals surface area contributed by atoms with Crippen LogP contribution in [0.5, 0.6) is 0 Å². The number of thiophene rings is 1. The number of halogens is 2. The normalized spacial score (nSPS) is 13.0. The van der Waals surface area contributed by atoms with Gasteiger partial charge in [-0.15, -0.1) is 11.3 Å². The van der Waals surface area contributed by atoms with E-state index in [4.69, 9.17) is 5.11 Å². The molecule has 0 amide bonds. The minimum absolute atomic E-state index is 0.0151. The molecule has 1 heterocycles. The molecule has 4 nitrogen and oxygen atoms in total. The van der Waals surface area contributed by atoms with Crippen molar-refractivity contribution in [2.24, 2.45) is 0 Å². The first-order chi connectivity index (χ1) is 7.27. The Labute approximate surface area is 96.0 Å². The van der Waals surface area contributed by atoms with Gasteiger partial charge >= 0.3 is 0 Å². The standard InChI is InChI=1S/C8H11F2NO3S2/c1-6-2-3-7(15-6)16(13,14)11-4-8(9,10)5-12/h2-3,11-12H,4-5H2,1H3. The van der Waals surface area contributed by atoms with Gasteiger partial charge in [0.15, 0.2) is 0 Å². The topological polar surface area (TPSA) is 66.4 Å². The minimum atomic E-state index is -3.91. The van der Waals surface area contributed by atoms with Crippen LogP contribution in [0.2, 0.25) is 0 Å². The highest BCUT2D eigenvalue weighted by atomic mass is 32.2. The Kier molecular flexibility index (Phi) is 4.00. The van der Waals surface area contributed by atoms with Crippen molar-refractivity contribution in [3.8, 4) is 0 Å². The molecule has 0 aliphatic rings. The van der Waals surface area contributed by atoms with E-state index in [0.29, 0.717) is 0 Å². The zero-order valence-corrected chi connectivity index (χ0v) is 10.0. The summed E-state index contributed by atoms with van der Waals surface area (Å²) in [5, 5.41) is 8.28. The first-order valence-corrected chi connectivity index (χ1v) is 6.62. The van der Waals surface area contributed by atoms with Gasteiger partial charge in [0.2, 0.25) is 10.0 Å². The van der Waals surface area contributed by atoms with Crippen LogP contribution in [0.25, 0.3) is 0 Å². The fourth-order valence-electron chi connectivity index (χ4n) is 0.884. The predicted molar refractivity (Wildman–Crippen MR) is 56.3 cm³/mol. The molecule has 0 unspecified atom stereocenters. The molecule has 1 aromatic rings. The first kappa shape index (κ1) is 13.5. The molecule has 0 atom stereocenters.